The normalized spacial score (nSPS) is 10.4. The van der Waals surface area contributed by atoms with Crippen LogP contribution in [0.1, 0.15) is 9.67 Å². The molecule has 0 saturated heterocycles. The van der Waals surface area contributed by atoms with Gasteiger partial charge in [-0.05, 0) is 17.5 Å². The molecule has 4 nitrogen and oxygen atoms in total. The second-order valence-corrected chi connectivity index (χ2v) is 5.93. The van der Waals surface area contributed by atoms with Gasteiger partial charge in [0, 0.05) is 17.0 Å². The average molecular weight is 314 g/mol. The minimum atomic E-state index is -0.503. The summed E-state index contributed by atoms with van der Waals surface area (Å²) in [7, 11) is 0. The van der Waals surface area contributed by atoms with Gasteiger partial charge in [-0.2, -0.15) is 0 Å². The number of nitrogens with zero attached hydrogens (tertiary/aromatic N) is 1. The van der Waals surface area contributed by atoms with Gasteiger partial charge in [0.1, 0.15) is 0 Å². The molecule has 0 aliphatic carbocycles. The summed E-state index contributed by atoms with van der Waals surface area (Å²) in [5.41, 5.74) is -0.0565. The van der Waals surface area contributed by atoms with Gasteiger partial charge in [-0.3, -0.25) is 14.9 Å². The molecule has 0 aliphatic rings. The van der Waals surface area contributed by atoms with Crippen LogP contribution in [0.5, 0.6) is 0 Å². The lowest BCUT2D eigenvalue weighted by molar-refractivity contribution is -0.384. The Hall–Kier alpha value is -1.37. The van der Waals surface area contributed by atoms with Crippen LogP contribution in [0.25, 0.3) is 0 Å². The summed E-state index contributed by atoms with van der Waals surface area (Å²) in [4.78, 5) is 23.2. The molecule has 1 heterocycles. The zero-order chi connectivity index (χ0) is 13.8. The minimum absolute atomic E-state index is 0.0226. The summed E-state index contributed by atoms with van der Waals surface area (Å²) < 4.78 is 0. The number of non-ortho nitro benzene ring substituents is 1. The van der Waals surface area contributed by atoms with Gasteiger partial charge in [-0.15, -0.1) is 23.1 Å². The zero-order valence-electron chi connectivity index (χ0n) is 9.54. The number of ketones is 1. The quantitative estimate of drug-likeness (QED) is 0.358. The average Bonchev–Trinajstić information content (AvgIpc) is 2.90. The zero-order valence-corrected chi connectivity index (χ0v) is 11.9. The van der Waals surface area contributed by atoms with Gasteiger partial charge in [-0.1, -0.05) is 17.7 Å². The number of thioether (sulfide) groups is 1. The topological polar surface area (TPSA) is 60.2 Å². The molecule has 2 rings (SSSR count). The van der Waals surface area contributed by atoms with Gasteiger partial charge in [-0.25, -0.2) is 0 Å². The van der Waals surface area contributed by atoms with E-state index in [-0.39, 0.29) is 22.2 Å². The van der Waals surface area contributed by atoms with E-state index in [1.165, 1.54) is 35.2 Å². The standard InChI is InChI=1S/C12H8ClNO3S2/c13-9-6-8(14(16)17)3-4-11(9)19-7-10(15)12-2-1-5-18-12/h1-6H,7H2. The van der Waals surface area contributed by atoms with Gasteiger partial charge < -0.3 is 0 Å². The summed E-state index contributed by atoms with van der Waals surface area (Å²) in [6.07, 6.45) is 0. The maximum Gasteiger partial charge on any atom is 0.270 e. The van der Waals surface area contributed by atoms with Crippen LogP contribution in [0.4, 0.5) is 5.69 Å². The molecule has 19 heavy (non-hydrogen) atoms. The highest BCUT2D eigenvalue weighted by molar-refractivity contribution is 8.00. The van der Waals surface area contributed by atoms with Crippen molar-refractivity contribution in [2.75, 3.05) is 5.75 Å². The Kier molecular flexibility index (Phi) is 4.57. The van der Waals surface area contributed by atoms with Crippen LogP contribution in [0.15, 0.2) is 40.6 Å². The number of rotatable bonds is 5. The Morgan fingerprint density at radius 2 is 2.21 bits per heavy atom. The lowest BCUT2D eigenvalue weighted by Crippen LogP contribution is -1.99. The fraction of sp³-hybridized carbons (Fsp3) is 0.0833. The van der Waals surface area contributed by atoms with Crippen molar-refractivity contribution in [1.82, 2.24) is 0 Å². The van der Waals surface area contributed by atoms with E-state index in [0.29, 0.717) is 9.77 Å². The van der Waals surface area contributed by atoms with E-state index in [1.807, 2.05) is 11.4 Å². The fourth-order valence-corrected chi connectivity index (χ4v) is 3.27. The van der Waals surface area contributed by atoms with Crippen LogP contribution < -0.4 is 0 Å². The lowest BCUT2D eigenvalue weighted by atomic mass is 10.3. The summed E-state index contributed by atoms with van der Waals surface area (Å²) in [6, 6.07) is 7.82. The molecule has 0 bridgehead atoms. The van der Waals surface area contributed by atoms with Crippen LogP contribution in [0.2, 0.25) is 5.02 Å². The number of halogens is 1. The van der Waals surface area contributed by atoms with Crippen molar-refractivity contribution in [3.63, 3.8) is 0 Å². The Balaban J connectivity index is 2.04. The number of hydrogen-bond donors (Lipinski definition) is 0. The number of thiophene rings is 1. The molecule has 7 heteroatoms. The molecule has 2 aromatic rings. The summed E-state index contributed by atoms with van der Waals surface area (Å²) in [5, 5.41) is 12.7. The van der Waals surface area contributed by atoms with Gasteiger partial charge in [0.25, 0.3) is 5.69 Å². The molecule has 0 amide bonds. The smallest absolute Gasteiger partial charge is 0.270 e. The number of nitro groups is 1. The molecule has 0 atom stereocenters. The number of nitro benzene ring substituents is 1. The molecule has 1 aromatic heterocycles. The molecule has 0 radical (unpaired) electrons. The number of carbonyl (C=O) groups is 1. The first kappa shape index (κ1) is 14.0. The molecule has 0 saturated carbocycles. The number of carbonyl (C=O) groups excluding carboxylic acids is 1. The maximum atomic E-state index is 11.8. The molecular formula is C12H8ClNO3S2. The highest BCUT2D eigenvalue weighted by Gasteiger charge is 2.12. The van der Waals surface area contributed by atoms with Crippen molar-refractivity contribution in [1.29, 1.82) is 0 Å². The highest BCUT2D eigenvalue weighted by atomic mass is 35.5. The van der Waals surface area contributed by atoms with Gasteiger partial charge in [0.15, 0.2) is 5.78 Å². The van der Waals surface area contributed by atoms with Crippen LogP contribution in [-0.4, -0.2) is 16.5 Å². The van der Waals surface area contributed by atoms with E-state index in [1.54, 1.807) is 12.1 Å². The lowest BCUT2D eigenvalue weighted by Gasteiger charge is -2.02. The molecule has 98 valence electrons. The highest BCUT2D eigenvalue weighted by Crippen LogP contribution is 2.31. The van der Waals surface area contributed by atoms with Gasteiger partial charge in [0.05, 0.1) is 20.6 Å². The van der Waals surface area contributed by atoms with Crippen molar-refractivity contribution < 1.29 is 9.72 Å². The van der Waals surface area contributed by atoms with E-state index >= 15 is 0 Å². The predicted molar refractivity (Wildman–Crippen MR) is 77.5 cm³/mol. The van der Waals surface area contributed by atoms with Crippen molar-refractivity contribution in [3.8, 4) is 0 Å². The van der Waals surface area contributed by atoms with E-state index in [0.717, 1.165) is 0 Å². The second-order valence-electron chi connectivity index (χ2n) is 3.56. The molecule has 0 unspecified atom stereocenters. The summed E-state index contributed by atoms with van der Waals surface area (Å²) in [5.74, 6) is 0.285. The van der Waals surface area contributed by atoms with Crippen LogP contribution in [-0.2, 0) is 0 Å². The molecule has 0 spiro atoms. The Bertz CT molecular complexity index is 613. The first-order valence-corrected chi connectivity index (χ1v) is 7.45. The minimum Gasteiger partial charge on any atom is -0.292 e. The second kappa shape index (κ2) is 6.18. The molecule has 0 N–H and O–H groups in total. The Morgan fingerprint density at radius 1 is 1.42 bits per heavy atom. The van der Waals surface area contributed by atoms with Crippen LogP contribution in [0.3, 0.4) is 0 Å². The van der Waals surface area contributed by atoms with Crippen molar-refractivity contribution in [2.45, 2.75) is 4.90 Å². The Morgan fingerprint density at radius 3 is 2.79 bits per heavy atom. The summed E-state index contributed by atoms with van der Waals surface area (Å²) >= 11 is 8.62. The Labute approximate surface area is 122 Å². The SMILES string of the molecule is O=C(CSc1ccc([N+](=O)[O-])cc1Cl)c1cccs1. The third kappa shape index (κ3) is 3.56. The predicted octanol–water partition coefficient (Wildman–Crippen LogP) is 4.28. The number of hydrogen-bond acceptors (Lipinski definition) is 5. The first-order chi connectivity index (χ1) is 9.08. The monoisotopic (exact) mass is 313 g/mol. The van der Waals surface area contributed by atoms with Crippen molar-refractivity contribution in [2.24, 2.45) is 0 Å². The van der Waals surface area contributed by atoms with Crippen molar-refractivity contribution in [3.05, 3.63) is 55.7 Å². The maximum absolute atomic E-state index is 11.8. The molecule has 0 aliphatic heterocycles. The van der Waals surface area contributed by atoms with Gasteiger partial charge in [0.2, 0.25) is 0 Å². The van der Waals surface area contributed by atoms with E-state index < -0.39 is 4.92 Å². The van der Waals surface area contributed by atoms with E-state index in [4.69, 9.17) is 11.6 Å². The molecule has 0 fully saturated rings. The summed E-state index contributed by atoms with van der Waals surface area (Å²) in [6.45, 7) is 0. The van der Waals surface area contributed by atoms with Crippen LogP contribution in [0, 0.1) is 10.1 Å². The van der Waals surface area contributed by atoms with Gasteiger partial charge >= 0.3 is 0 Å². The first-order valence-electron chi connectivity index (χ1n) is 5.21. The van der Waals surface area contributed by atoms with Crippen LogP contribution >= 0.6 is 34.7 Å². The van der Waals surface area contributed by atoms with E-state index in [9.17, 15) is 14.9 Å². The number of benzene rings is 1. The van der Waals surface area contributed by atoms with Crippen molar-refractivity contribution >= 4 is 46.2 Å². The molecular weight excluding hydrogens is 306 g/mol. The molecule has 1 aromatic carbocycles. The third-order valence-corrected chi connectivity index (χ3v) is 4.69. The third-order valence-electron chi connectivity index (χ3n) is 2.28. The van der Waals surface area contributed by atoms with E-state index in [2.05, 4.69) is 0 Å². The fourth-order valence-electron chi connectivity index (χ4n) is 1.37. The number of Topliss-reactive ketones (excluding diaryl/α,β-unsaturated/α-hetero) is 1. The largest absolute Gasteiger partial charge is 0.292 e.